The van der Waals surface area contributed by atoms with E-state index in [0.717, 1.165) is 44.0 Å². The quantitative estimate of drug-likeness (QED) is 0.133. The molecule has 0 radical (unpaired) electrons. The van der Waals surface area contributed by atoms with E-state index in [2.05, 4.69) is 73.8 Å². The van der Waals surface area contributed by atoms with Gasteiger partial charge in [0.15, 0.2) is 0 Å². The second-order valence-electron chi connectivity index (χ2n) is 10.9. The van der Waals surface area contributed by atoms with Crippen molar-refractivity contribution in [2.75, 3.05) is 6.54 Å². The zero-order valence-corrected chi connectivity index (χ0v) is 25.2. The van der Waals surface area contributed by atoms with E-state index < -0.39 is 5.97 Å². The molecule has 0 saturated carbocycles. The van der Waals surface area contributed by atoms with Gasteiger partial charge in [-0.25, -0.2) is 0 Å². The average Bonchev–Trinajstić information content (AvgIpc) is 3.63. The molecule has 5 nitrogen and oxygen atoms in total. The van der Waals surface area contributed by atoms with Crippen LogP contribution in [0.3, 0.4) is 0 Å². The predicted octanol–water partition coefficient (Wildman–Crippen LogP) is 9.51. The van der Waals surface area contributed by atoms with E-state index in [1.54, 1.807) is 11.3 Å². The molecule has 5 rings (SSSR count). The molecule has 3 aromatic carbocycles. The minimum atomic E-state index is -0.853. The number of carbonyl (C=O) groups is 1. The molecule has 0 atom stereocenters. The van der Waals surface area contributed by atoms with Gasteiger partial charge >= 0.3 is 5.97 Å². The van der Waals surface area contributed by atoms with E-state index >= 15 is 0 Å². The lowest BCUT2D eigenvalue weighted by Crippen LogP contribution is -2.28. The van der Waals surface area contributed by atoms with Gasteiger partial charge in [-0.15, -0.1) is 11.3 Å². The number of aliphatic carboxylic acids is 1. The van der Waals surface area contributed by atoms with Crippen LogP contribution in [-0.2, 0) is 24.5 Å². The molecule has 0 unspecified atom stereocenters. The van der Waals surface area contributed by atoms with Crippen LogP contribution in [0.25, 0.3) is 22.1 Å². The van der Waals surface area contributed by atoms with Gasteiger partial charge in [-0.2, -0.15) is 0 Å². The minimum absolute atomic E-state index is 0.0558. The third kappa shape index (κ3) is 7.90. The van der Waals surface area contributed by atoms with Crippen LogP contribution >= 0.6 is 11.3 Å². The zero-order chi connectivity index (χ0) is 29.3. The Bertz CT molecular complexity index is 1530. The first kappa shape index (κ1) is 29.6. The number of furan rings is 1. The Hall–Kier alpha value is -3.87. The molecule has 5 aromatic rings. The second kappa shape index (κ2) is 14.3. The van der Waals surface area contributed by atoms with Gasteiger partial charge in [0.2, 0.25) is 0 Å². The van der Waals surface area contributed by atoms with Crippen molar-refractivity contribution in [3.05, 3.63) is 112 Å². The fraction of sp³-hybridized carbons (Fsp3) is 0.306. The van der Waals surface area contributed by atoms with Gasteiger partial charge in [0, 0.05) is 16.8 Å². The summed E-state index contributed by atoms with van der Waals surface area (Å²) in [6, 6.07) is 29.1. The van der Waals surface area contributed by atoms with Crippen molar-refractivity contribution in [2.45, 2.75) is 65.1 Å². The van der Waals surface area contributed by atoms with Crippen molar-refractivity contribution >= 4 is 28.3 Å². The minimum Gasteiger partial charge on any atom is -0.489 e. The van der Waals surface area contributed by atoms with Crippen molar-refractivity contribution < 1.29 is 19.1 Å². The smallest absolute Gasteiger partial charge is 0.317 e. The molecular weight excluding hydrogens is 542 g/mol. The molecular formula is C36H39NO4S. The summed E-state index contributed by atoms with van der Waals surface area (Å²) in [5, 5.41) is 12.7. The molecule has 0 spiro atoms. The lowest BCUT2D eigenvalue weighted by atomic mass is 9.90. The van der Waals surface area contributed by atoms with Crippen molar-refractivity contribution in [3.63, 3.8) is 0 Å². The summed E-state index contributed by atoms with van der Waals surface area (Å²) in [6.45, 7) is 5.95. The normalized spacial score (nSPS) is 11.5. The number of carboxylic acids is 1. The first-order chi connectivity index (χ1) is 20.5. The van der Waals surface area contributed by atoms with Crippen LogP contribution in [0.15, 0.2) is 94.7 Å². The highest BCUT2D eigenvalue weighted by molar-refractivity contribution is 7.10. The van der Waals surface area contributed by atoms with Gasteiger partial charge in [-0.1, -0.05) is 81.3 Å². The molecule has 0 bridgehead atoms. The molecule has 0 aliphatic carbocycles. The summed E-state index contributed by atoms with van der Waals surface area (Å²) < 4.78 is 12.0. The summed E-state index contributed by atoms with van der Waals surface area (Å²) >= 11 is 1.65. The number of carboxylic acid groups (broad SMARTS) is 1. The molecule has 0 saturated heterocycles. The third-order valence-corrected chi connectivity index (χ3v) is 8.49. The summed E-state index contributed by atoms with van der Waals surface area (Å²) in [7, 11) is 0. The summed E-state index contributed by atoms with van der Waals surface area (Å²) in [4.78, 5) is 14.6. The lowest BCUT2D eigenvalue weighted by Gasteiger charge is -2.18. The summed E-state index contributed by atoms with van der Waals surface area (Å²) in [5.74, 6) is 1.44. The number of fused-ring (bicyclic) bond motifs is 1. The summed E-state index contributed by atoms with van der Waals surface area (Å²) in [5.41, 5.74) is 5.60. The molecule has 42 heavy (non-hydrogen) atoms. The number of benzene rings is 3. The van der Waals surface area contributed by atoms with Gasteiger partial charge < -0.3 is 14.3 Å². The Morgan fingerprint density at radius 3 is 2.33 bits per heavy atom. The number of para-hydroxylation sites is 1. The van der Waals surface area contributed by atoms with E-state index in [0.29, 0.717) is 25.6 Å². The molecule has 6 heteroatoms. The topological polar surface area (TPSA) is 62.9 Å². The second-order valence-corrected chi connectivity index (χ2v) is 11.9. The van der Waals surface area contributed by atoms with Crippen LogP contribution in [0, 0.1) is 0 Å². The molecule has 1 N–H and O–H groups in total. The Balaban J connectivity index is 1.18. The highest BCUT2D eigenvalue weighted by Gasteiger charge is 2.16. The van der Waals surface area contributed by atoms with Crippen LogP contribution < -0.4 is 4.74 Å². The maximum absolute atomic E-state index is 11.6. The molecule has 0 amide bonds. The fourth-order valence-electron chi connectivity index (χ4n) is 5.50. The fourth-order valence-corrected chi connectivity index (χ4v) is 6.43. The molecule has 0 fully saturated rings. The highest BCUT2D eigenvalue weighted by atomic mass is 32.1. The van der Waals surface area contributed by atoms with Gasteiger partial charge in [-0.3, -0.25) is 9.69 Å². The average molecular weight is 582 g/mol. The van der Waals surface area contributed by atoms with E-state index in [4.69, 9.17) is 9.15 Å². The predicted molar refractivity (Wildman–Crippen MR) is 171 cm³/mol. The number of thiophene rings is 1. The maximum Gasteiger partial charge on any atom is 0.317 e. The Morgan fingerprint density at radius 1 is 0.905 bits per heavy atom. The lowest BCUT2D eigenvalue weighted by molar-refractivity contribution is -0.138. The third-order valence-electron chi connectivity index (χ3n) is 7.57. The molecule has 0 aliphatic heterocycles. The summed E-state index contributed by atoms with van der Waals surface area (Å²) in [6.07, 6.45) is 4.88. The number of nitrogens with zero attached hydrogens (tertiary/aromatic N) is 1. The standard InChI is InChI=1S/C36H39NO4S/c1-3-7-27(8-4-2)28-15-17-32(18-16-28)40-24-26-11-13-29(14-12-26)31-20-34(42-25-31)22-37(23-36(38)39)21-33-19-30-9-5-6-10-35(30)41-33/h5-6,9-20,25,27H,3-4,7-8,21-24H2,1-2H3,(H,38,39). The van der Waals surface area contributed by atoms with Gasteiger partial charge in [0.1, 0.15) is 23.7 Å². The van der Waals surface area contributed by atoms with Crippen LogP contribution in [-0.4, -0.2) is 22.5 Å². The van der Waals surface area contributed by atoms with Crippen molar-refractivity contribution in [3.8, 4) is 16.9 Å². The number of ether oxygens (including phenoxy) is 1. The first-order valence-electron chi connectivity index (χ1n) is 14.8. The van der Waals surface area contributed by atoms with Crippen molar-refractivity contribution in [2.24, 2.45) is 0 Å². The number of hydrogen-bond donors (Lipinski definition) is 1. The molecule has 218 valence electrons. The Morgan fingerprint density at radius 2 is 1.64 bits per heavy atom. The van der Waals surface area contributed by atoms with Gasteiger partial charge in [0.25, 0.3) is 0 Å². The number of rotatable bonds is 15. The van der Waals surface area contributed by atoms with Crippen LogP contribution in [0.4, 0.5) is 0 Å². The molecule has 2 heterocycles. The van der Waals surface area contributed by atoms with Crippen molar-refractivity contribution in [1.82, 2.24) is 4.90 Å². The van der Waals surface area contributed by atoms with E-state index in [1.165, 1.54) is 31.2 Å². The Labute approximate surface area is 252 Å². The van der Waals surface area contributed by atoms with Crippen LogP contribution in [0.2, 0.25) is 0 Å². The Kier molecular flexibility index (Phi) is 10.1. The van der Waals surface area contributed by atoms with E-state index in [-0.39, 0.29) is 6.54 Å². The van der Waals surface area contributed by atoms with E-state index in [1.807, 2.05) is 35.2 Å². The highest BCUT2D eigenvalue weighted by Crippen LogP contribution is 2.30. The van der Waals surface area contributed by atoms with Crippen LogP contribution in [0.1, 0.15) is 67.2 Å². The molecule has 0 aliphatic rings. The SMILES string of the molecule is CCCC(CCC)c1ccc(OCc2ccc(-c3csc(CN(CC(=O)O)Cc4cc5ccccc5o4)c3)cc2)cc1. The van der Waals surface area contributed by atoms with Gasteiger partial charge in [-0.05, 0) is 76.7 Å². The zero-order valence-electron chi connectivity index (χ0n) is 24.4. The molecule has 2 aromatic heterocycles. The van der Waals surface area contributed by atoms with Crippen molar-refractivity contribution in [1.29, 1.82) is 0 Å². The van der Waals surface area contributed by atoms with E-state index in [9.17, 15) is 9.90 Å². The number of hydrogen-bond acceptors (Lipinski definition) is 5. The largest absolute Gasteiger partial charge is 0.489 e. The van der Waals surface area contributed by atoms with Crippen LogP contribution in [0.5, 0.6) is 5.75 Å². The monoisotopic (exact) mass is 581 g/mol. The van der Waals surface area contributed by atoms with Gasteiger partial charge in [0.05, 0.1) is 13.1 Å². The first-order valence-corrected chi connectivity index (χ1v) is 15.7. The maximum atomic E-state index is 11.6.